The third-order valence-electron chi connectivity index (χ3n) is 0.872. The zero-order chi connectivity index (χ0) is 7.72. The molecule has 0 aliphatic heterocycles. The fourth-order valence-corrected chi connectivity index (χ4v) is 0.451. The minimum absolute atomic E-state index is 0.202. The lowest BCUT2D eigenvalue weighted by molar-refractivity contribution is -0.393. The van der Waals surface area contributed by atoms with Gasteiger partial charge in [0.25, 0.3) is 0 Å². The molecule has 7 heteroatoms. The third-order valence-corrected chi connectivity index (χ3v) is 0.872. The minimum atomic E-state index is -0.782. The Morgan fingerprint density at radius 2 is 2.40 bits per heavy atom. The molecule has 0 amide bonds. The van der Waals surface area contributed by atoms with E-state index in [0.717, 1.165) is 0 Å². The fraction of sp³-hybridized carbons (Fsp3) is 0. The molecular formula is C3H4N4O3. The number of aromatic amines is 1. The predicted octanol–water partition coefficient (Wildman–Crippen LogP) is -0.394. The van der Waals surface area contributed by atoms with Crippen LogP contribution in [0.4, 0.5) is 11.8 Å². The number of nitrogen functional groups attached to an aromatic ring is 1. The average Bonchev–Trinajstić information content (AvgIpc) is 2.13. The molecule has 1 aromatic heterocycles. The Hall–Kier alpha value is -1.79. The van der Waals surface area contributed by atoms with E-state index >= 15 is 0 Å². The van der Waals surface area contributed by atoms with E-state index in [0.29, 0.717) is 0 Å². The lowest BCUT2D eigenvalue weighted by Gasteiger charge is -1.84. The Labute approximate surface area is 54.6 Å². The van der Waals surface area contributed by atoms with E-state index in [1.165, 1.54) is 0 Å². The first-order chi connectivity index (χ1) is 4.61. The van der Waals surface area contributed by atoms with Gasteiger partial charge in [-0.2, -0.15) is 0 Å². The van der Waals surface area contributed by atoms with Crippen molar-refractivity contribution in [2.45, 2.75) is 0 Å². The summed E-state index contributed by atoms with van der Waals surface area (Å²) in [5.41, 5.74) is 5.01. The molecule has 4 N–H and O–H groups in total. The van der Waals surface area contributed by atoms with Gasteiger partial charge in [0.15, 0.2) is 0 Å². The van der Waals surface area contributed by atoms with Crippen molar-refractivity contribution in [3.05, 3.63) is 10.1 Å². The Morgan fingerprint density at radius 1 is 1.80 bits per heavy atom. The van der Waals surface area contributed by atoms with Crippen LogP contribution in [0.3, 0.4) is 0 Å². The zero-order valence-electron chi connectivity index (χ0n) is 4.74. The minimum Gasteiger partial charge on any atom is -0.478 e. The molecule has 1 heterocycles. The molecule has 0 aliphatic carbocycles. The maximum absolute atomic E-state index is 9.91. The SMILES string of the molecule is Nc1[nH]c([N+](=O)[O-])nc1O. The highest BCUT2D eigenvalue weighted by Gasteiger charge is 2.15. The molecule has 0 fully saturated rings. The molecule has 10 heavy (non-hydrogen) atoms. The number of nitrogens with two attached hydrogens (primary N) is 1. The van der Waals surface area contributed by atoms with Crippen LogP contribution in [0.25, 0.3) is 0 Å². The molecule has 0 saturated heterocycles. The van der Waals surface area contributed by atoms with E-state index in [2.05, 4.69) is 9.97 Å². The van der Waals surface area contributed by atoms with Gasteiger partial charge < -0.3 is 21.0 Å². The Bertz CT molecular complexity index is 247. The number of imidazole rings is 1. The number of nitrogens with one attached hydrogen (secondary N) is 1. The van der Waals surface area contributed by atoms with Crippen LogP contribution in [-0.4, -0.2) is 20.0 Å². The smallest absolute Gasteiger partial charge is 0.437 e. The molecule has 1 aromatic rings. The molecule has 54 valence electrons. The van der Waals surface area contributed by atoms with Crippen molar-refractivity contribution in [2.24, 2.45) is 0 Å². The number of nitrogens with zero attached hydrogens (tertiary/aromatic N) is 2. The number of hydrogen-bond donors (Lipinski definition) is 3. The highest BCUT2D eigenvalue weighted by molar-refractivity contribution is 5.43. The van der Waals surface area contributed by atoms with Gasteiger partial charge in [-0.1, -0.05) is 0 Å². The molecule has 0 unspecified atom stereocenters. The molecule has 0 saturated carbocycles. The van der Waals surface area contributed by atoms with E-state index < -0.39 is 16.8 Å². The number of aromatic nitrogens is 2. The van der Waals surface area contributed by atoms with E-state index in [4.69, 9.17) is 10.8 Å². The van der Waals surface area contributed by atoms with E-state index in [9.17, 15) is 10.1 Å². The monoisotopic (exact) mass is 144 g/mol. The van der Waals surface area contributed by atoms with Crippen molar-refractivity contribution in [1.29, 1.82) is 0 Å². The van der Waals surface area contributed by atoms with Crippen molar-refractivity contribution >= 4 is 11.8 Å². The molecule has 0 bridgehead atoms. The summed E-state index contributed by atoms with van der Waals surface area (Å²) in [5, 5.41) is 18.5. The quantitative estimate of drug-likeness (QED) is 0.366. The first-order valence-electron chi connectivity index (χ1n) is 2.30. The summed E-state index contributed by atoms with van der Waals surface area (Å²) < 4.78 is 0. The molecule has 7 nitrogen and oxygen atoms in total. The van der Waals surface area contributed by atoms with Gasteiger partial charge in [0.05, 0.1) is 0 Å². The van der Waals surface area contributed by atoms with Gasteiger partial charge in [-0.25, -0.2) is 4.98 Å². The number of H-pyrrole nitrogens is 1. The number of rotatable bonds is 1. The van der Waals surface area contributed by atoms with Crippen LogP contribution in [0.15, 0.2) is 0 Å². The summed E-state index contributed by atoms with van der Waals surface area (Å²) in [4.78, 5) is 14.3. The summed E-state index contributed by atoms with van der Waals surface area (Å²) in [7, 11) is 0. The van der Waals surface area contributed by atoms with Crippen LogP contribution >= 0.6 is 0 Å². The van der Waals surface area contributed by atoms with Gasteiger partial charge in [-0.05, 0) is 9.91 Å². The first-order valence-corrected chi connectivity index (χ1v) is 2.30. The maximum atomic E-state index is 9.91. The molecular weight excluding hydrogens is 140 g/mol. The van der Waals surface area contributed by atoms with Gasteiger partial charge in [0.1, 0.15) is 0 Å². The maximum Gasteiger partial charge on any atom is 0.437 e. The Balaban J connectivity index is 3.10. The second-order valence-electron chi connectivity index (χ2n) is 1.55. The lowest BCUT2D eigenvalue weighted by atomic mass is 10.7. The largest absolute Gasteiger partial charge is 0.478 e. The number of nitro groups is 1. The molecule has 0 aliphatic rings. The topological polar surface area (TPSA) is 118 Å². The predicted molar refractivity (Wildman–Crippen MR) is 31.3 cm³/mol. The van der Waals surface area contributed by atoms with Crippen molar-refractivity contribution < 1.29 is 10.0 Å². The second kappa shape index (κ2) is 1.87. The van der Waals surface area contributed by atoms with E-state index in [-0.39, 0.29) is 5.82 Å². The van der Waals surface area contributed by atoms with E-state index in [1.807, 2.05) is 0 Å². The average molecular weight is 144 g/mol. The van der Waals surface area contributed by atoms with Crippen LogP contribution in [0.2, 0.25) is 0 Å². The molecule has 0 spiro atoms. The van der Waals surface area contributed by atoms with Crippen molar-refractivity contribution in [3.63, 3.8) is 0 Å². The van der Waals surface area contributed by atoms with Gasteiger partial charge in [0.2, 0.25) is 5.82 Å². The third kappa shape index (κ3) is 0.835. The highest BCUT2D eigenvalue weighted by atomic mass is 16.6. The van der Waals surface area contributed by atoms with E-state index in [1.54, 1.807) is 0 Å². The summed E-state index contributed by atoms with van der Waals surface area (Å²) in [5.74, 6) is -1.31. The summed E-state index contributed by atoms with van der Waals surface area (Å²) in [6.45, 7) is 0. The number of hydrogen-bond acceptors (Lipinski definition) is 5. The van der Waals surface area contributed by atoms with Crippen molar-refractivity contribution in [3.8, 4) is 5.88 Å². The number of aromatic hydroxyl groups is 1. The second-order valence-corrected chi connectivity index (χ2v) is 1.55. The summed E-state index contributed by atoms with van der Waals surface area (Å²) >= 11 is 0. The van der Waals surface area contributed by atoms with Gasteiger partial charge in [-0.3, -0.25) is 0 Å². The van der Waals surface area contributed by atoms with Crippen molar-refractivity contribution in [2.75, 3.05) is 5.73 Å². The number of anilines is 1. The lowest BCUT2D eigenvalue weighted by Crippen LogP contribution is -1.90. The molecule has 1 rings (SSSR count). The summed E-state index contributed by atoms with van der Waals surface area (Å²) in [6.07, 6.45) is 0. The molecule has 0 radical (unpaired) electrons. The Morgan fingerprint density at radius 3 is 2.60 bits per heavy atom. The van der Waals surface area contributed by atoms with Crippen LogP contribution in [0.5, 0.6) is 5.88 Å². The standard InChI is InChI=1S/C3H4N4O3/c4-1-2(8)6-3(5-1)7(9)10/h8H,4H2,(H,5,6). The first kappa shape index (κ1) is 6.33. The van der Waals surface area contributed by atoms with Crippen LogP contribution in [-0.2, 0) is 0 Å². The molecule has 0 atom stereocenters. The van der Waals surface area contributed by atoms with Crippen LogP contribution in [0.1, 0.15) is 0 Å². The van der Waals surface area contributed by atoms with Crippen LogP contribution < -0.4 is 5.73 Å². The normalized spacial score (nSPS) is 9.60. The van der Waals surface area contributed by atoms with Crippen molar-refractivity contribution in [1.82, 2.24) is 9.97 Å². The highest BCUT2D eigenvalue weighted by Crippen LogP contribution is 2.18. The molecule has 0 aromatic carbocycles. The zero-order valence-corrected chi connectivity index (χ0v) is 4.74. The van der Waals surface area contributed by atoms with Crippen LogP contribution in [0, 0.1) is 10.1 Å². The Kier molecular flexibility index (Phi) is 1.18. The van der Waals surface area contributed by atoms with Gasteiger partial charge >= 0.3 is 11.8 Å². The van der Waals surface area contributed by atoms with Gasteiger partial charge in [0, 0.05) is 0 Å². The fourth-order valence-electron chi connectivity index (χ4n) is 0.451. The summed E-state index contributed by atoms with van der Waals surface area (Å²) in [6, 6.07) is 0. The van der Waals surface area contributed by atoms with Gasteiger partial charge in [-0.15, -0.1) is 0 Å².